The van der Waals surface area contributed by atoms with Crippen LogP contribution in [-0.2, 0) is 6.42 Å². The lowest BCUT2D eigenvalue weighted by atomic mass is 9.69. The number of fused-ring (bicyclic) bond motifs is 3. The van der Waals surface area contributed by atoms with Crippen molar-refractivity contribution in [3.63, 3.8) is 0 Å². The number of nitrogens with zero attached hydrogens (tertiary/aromatic N) is 2. The minimum atomic E-state index is -0.384. The fourth-order valence-corrected chi connectivity index (χ4v) is 6.73. The van der Waals surface area contributed by atoms with Crippen LogP contribution in [0.5, 0.6) is 0 Å². The van der Waals surface area contributed by atoms with E-state index in [9.17, 15) is 14.4 Å². The third-order valence-electron chi connectivity index (χ3n) is 9.01. The summed E-state index contributed by atoms with van der Waals surface area (Å²) in [4.78, 5) is 47.0. The van der Waals surface area contributed by atoms with Crippen molar-refractivity contribution in [1.82, 2.24) is 4.98 Å². The lowest BCUT2D eigenvalue weighted by Gasteiger charge is -2.37. The predicted octanol–water partition coefficient (Wildman–Crippen LogP) is 9.09. The molecule has 1 aromatic heterocycles. The summed E-state index contributed by atoms with van der Waals surface area (Å²) in [6.45, 7) is 6.70. The van der Waals surface area contributed by atoms with E-state index in [2.05, 4.69) is 32.2 Å². The van der Waals surface area contributed by atoms with E-state index >= 15 is 0 Å². The largest absolute Gasteiger partial charge is 0.322 e. The van der Waals surface area contributed by atoms with Crippen molar-refractivity contribution in [2.45, 2.75) is 33.6 Å². The number of pyridine rings is 1. The number of para-hydroxylation sites is 1. The summed E-state index contributed by atoms with van der Waals surface area (Å²) in [6, 6.07) is 29.1. The van der Waals surface area contributed by atoms with E-state index in [-0.39, 0.29) is 29.1 Å². The molecule has 2 aliphatic rings. The van der Waals surface area contributed by atoms with Gasteiger partial charge in [-0.05, 0) is 95.5 Å². The normalized spacial score (nSPS) is 16.9. The number of anilines is 2. The minimum Gasteiger partial charge on any atom is -0.322 e. The predicted molar refractivity (Wildman–Crippen MR) is 184 cm³/mol. The molecule has 1 atom stereocenters. The quantitative estimate of drug-likeness (QED) is 0.202. The highest BCUT2D eigenvalue weighted by Gasteiger charge is 2.37. The molecule has 4 aromatic carbocycles. The van der Waals surface area contributed by atoms with Crippen molar-refractivity contribution in [2.75, 3.05) is 10.2 Å². The van der Waals surface area contributed by atoms with E-state index in [0.717, 1.165) is 44.6 Å². The highest BCUT2D eigenvalue weighted by molar-refractivity contribution is 6.34. The number of carbonyl (C=O) groups excluding carboxylic acids is 3. The third kappa shape index (κ3) is 5.29. The summed E-state index contributed by atoms with van der Waals surface area (Å²) >= 11 is 6.34. The van der Waals surface area contributed by atoms with Gasteiger partial charge in [0, 0.05) is 16.1 Å². The van der Waals surface area contributed by atoms with Crippen molar-refractivity contribution in [3.8, 4) is 0 Å². The second-order valence-electron chi connectivity index (χ2n) is 13.0. The average Bonchev–Trinajstić information content (AvgIpc) is 3.28. The van der Waals surface area contributed by atoms with Crippen LogP contribution in [-0.4, -0.2) is 22.7 Å². The second-order valence-corrected chi connectivity index (χ2v) is 13.5. The van der Waals surface area contributed by atoms with Gasteiger partial charge in [0.25, 0.3) is 17.7 Å². The van der Waals surface area contributed by atoms with Gasteiger partial charge < -0.3 is 5.32 Å². The highest BCUT2D eigenvalue weighted by Crippen LogP contribution is 2.45. The Labute approximate surface area is 272 Å². The van der Waals surface area contributed by atoms with Gasteiger partial charge in [-0.25, -0.2) is 9.88 Å². The lowest BCUT2D eigenvalue weighted by Crippen LogP contribution is -2.30. The maximum Gasteiger partial charge on any atom is 0.266 e. The van der Waals surface area contributed by atoms with Crippen molar-refractivity contribution in [1.29, 1.82) is 0 Å². The Morgan fingerprint density at radius 3 is 2.28 bits per heavy atom. The summed E-state index contributed by atoms with van der Waals surface area (Å²) in [5.41, 5.74) is 6.68. The molecule has 1 N–H and O–H groups in total. The van der Waals surface area contributed by atoms with Gasteiger partial charge in [0.1, 0.15) is 0 Å². The Morgan fingerprint density at radius 2 is 1.57 bits per heavy atom. The first-order valence-corrected chi connectivity index (χ1v) is 15.7. The molecule has 6 nitrogen and oxygen atoms in total. The molecule has 0 saturated carbocycles. The molecule has 0 fully saturated rings. The minimum absolute atomic E-state index is 0.0226. The van der Waals surface area contributed by atoms with Crippen molar-refractivity contribution in [2.24, 2.45) is 11.3 Å². The zero-order valence-electron chi connectivity index (χ0n) is 25.8. The summed E-state index contributed by atoms with van der Waals surface area (Å²) in [5, 5.41) is 4.52. The van der Waals surface area contributed by atoms with Crippen LogP contribution in [0.3, 0.4) is 0 Å². The van der Waals surface area contributed by atoms with Gasteiger partial charge in [0.05, 0.1) is 33.6 Å². The van der Waals surface area contributed by atoms with Crippen molar-refractivity contribution >= 4 is 63.2 Å². The molecular weight excluding hydrogens is 594 g/mol. The van der Waals surface area contributed by atoms with E-state index in [1.165, 1.54) is 0 Å². The third-order valence-corrected chi connectivity index (χ3v) is 9.25. The monoisotopic (exact) mass is 625 g/mol. The van der Waals surface area contributed by atoms with Gasteiger partial charge in [-0.15, -0.1) is 0 Å². The highest BCUT2D eigenvalue weighted by atomic mass is 35.5. The number of carbonyl (C=O) groups is 3. The van der Waals surface area contributed by atoms with Gasteiger partial charge >= 0.3 is 0 Å². The molecule has 228 valence electrons. The van der Waals surface area contributed by atoms with Crippen molar-refractivity contribution in [3.05, 3.63) is 136 Å². The molecule has 1 unspecified atom stereocenters. The smallest absolute Gasteiger partial charge is 0.266 e. The van der Waals surface area contributed by atoms with E-state index in [4.69, 9.17) is 16.6 Å². The van der Waals surface area contributed by atoms with Gasteiger partial charge in [0.2, 0.25) is 0 Å². The molecule has 2 heterocycles. The Bertz CT molecular complexity index is 2080. The number of nitrogens with one attached hydrogen (secondary N) is 1. The number of rotatable bonds is 4. The molecule has 3 amide bonds. The van der Waals surface area contributed by atoms with Crippen LogP contribution in [0.4, 0.5) is 11.4 Å². The van der Waals surface area contributed by atoms with Crippen LogP contribution >= 0.6 is 11.6 Å². The number of allylic oxidation sites excluding steroid dienone is 1. The first kappa shape index (κ1) is 29.6. The van der Waals surface area contributed by atoms with E-state index in [0.29, 0.717) is 39.5 Å². The fraction of sp³-hybridized carbons (Fsp3) is 0.179. The van der Waals surface area contributed by atoms with Crippen LogP contribution in [0.15, 0.2) is 97.1 Å². The van der Waals surface area contributed by atoms with Crippen LogP contribution in [0.25, 0.3) is 22.6 Å². The first-order valence-electron chi connectivity index (χ1n) is 15.4. The average molecular weight is 626 g/mol. The molecule has 1 aliphatic carbocycles. The maximum atomic E-state index is 14.4. The van der Waals surface area contributed by atoms with Crippen LogP contribution in [0, 0.1) is 11.3 Å². The van der Waals surface area contributed by atoms with E-state index in [1.807, 2.05) is 48.5 Å². The number of imide groups is 1. The molecule has 0 spiro atoms. The SMILES string of the molecule is CC(C)(C)C1C/C(=C/c2cccc(Cl)c2)c2nc3ccccc3c(C(=O)Nc3cccc(N4C(=O)c5ccccc5C4=O)c3)c2C1. The molecule has 1 aliphatic heterocycles. The maximum absolute atomic E-state index is 14.4. The van der Waals surface area contributed by atoms with Crippen LogP contribution < -0.4 is 10.2 Å². The summed E-state index contributed by atoms with van der Waals surface area (Å²) in [7, 11) is 0. The molecule has 0 saturated heterocycles. The lowest BCUT2D eigenvalue weighted by molar-refractivity contribution is 0.0925. The standard InChI is InChI=1S/C39H32ClN3O3/c1-39(2,3)25-20-24(18-23-10-8-11-26(40)19-23)35-32(21-25)34(31-16-6-7-17-33(31)42-35)36(44)41-27-12-9-13-28(22-27)43-37(45)29-14-4-5-15-30(29)38(43)46/h4-19,22,25H,20-21H2,1-3H3,(H,41,44)/b24-18-. The number of aromatic nitrogens is 1. The molecular formula is C39H32ClN3O3. The molecule has 7 rings (SSSR count). The van der Waals surface area contributed by atoms with E-state index < -0.39 is 0 Å². The topological polar surface area (TPSA) is 79.4 Å². The van der Waals surface area contributed by atoms with Crippen LogP contribution in [0.2, 0.25) is 5.02 Å². The molecule has 46 heavy (non-hydrogen) atoms. The Hall–Kier alpha value is -5.07. The van der Waals surface area contributed by atoms with Gasteiger partial charge in [-0.1, -0.05) is 80.9 Å². The number of hydrogen-bond donors (Lipinski definition) is 1. The summed E-state index contributed by atoms with van der Waals surface area (Å²) in [5.74, 6) is -0.779. The van der Waals surface area contributed by atoms with Gasteiger partial charge in [-0.3, -0.25) is 14.4 Å². The number of benzene rings is 4. The molecule has 0 radical (unpaired) electrons. The Kier molecular flexibility index (Phi) is 7.33. The molecule has 7 heteroatoms. The number of halogens is 1. The van der Waals surface area contributed by atoms with Gasteiger partial charge in [-0.2, -0.15) is 0 Å². The summed E-state index contributed by atoms with van der Waals surface area (Å²) in [6.07, 6.45) is 3.65. The zero-order valence-corrected chi connectivity index (χ0v) is 26.6. The summed E-state index contributed by atoms with van der Waals surface area (Å²) < 4.78 is 0. The fourth-order valence-electron chi connectivity index (χ4n) is 6.53. The van der Waals surface area contributed by atoms with Gasteiger partial charge in [0.15, 0.2) is 0 Å². The molecule has 5 aromatic rings. The number of hydrogen-bond acceptors (Lipinski definition) is 4. The zero-order chi connectivity index (χ0) is 32.2. The number of amides is 3. The van der Waals surface area contributed by atoms with E-state index in [1.54, 1.807) is 48.5 Å². The van der Waals surface area contributed by atoms with Crippen LogP contribution in [0.1, 0.15) is 75.1 Å². The Morgan fingerprint density at radius 1 is 0.870 bits per heavy atom. The Balaban J connectivity index is 1.31. The first-order chi connectivity index (χ1) is 22.1. The van der Waals surface area contributed by atoms with Crippen molar-refractivity contribution < 1.29 is 14.4 Å². The second kappa shape index (κ2) is 11.4. The molecule has 0 bridgehead atoms.